The second kappa shape index (κ2) is 5.29. The van der Waals surface area contributed by atoms with Gasteiger partial charge in [0.05, 0.1) is 0 Å². The van der Waals surface area contributed by atoms with E-state index < -0.39 is 0 Å². The number of rotatable bonds is 2. The van der Waals surface area contributed by atoms with E-state index in [9.17, 15) is 0 Å². The molecule has 82 valence electrons. The topological polar surface area (TPSA) is 15.3 Å². The van der Waals surface area contributed by atoms with Gasteiger partial charge in [-0.2, -0.15) is 0 Å². The Morgan fingerprint density at radius 1 is 1.27 bits per heavy atom. The Labute approximate surface area is 92.3 Å². The predicted octanol–water partition coefficient (Wildman–Crippen LogP) is 1.87. The lowest BCUT2D eigenvalue weighted by Crippen LogP contribution is -2.33. The Morgan fingerprint density at radius 2 is 2.07 bits per heavy atom. The third-order valence-electron chi connectivity index (χ3n) is 3.17. The van der Waals surface area contributed by atoms with Crippen molar-refractivity contribution in [2.45, 2.75) is 25.9 Å². The predicted molar refractivity (Wildman–Crippen MR) is 63.8 cm³/mol. The molecule has 1 aliphatic rings. The van der Waals surface area contributed by atoms with Crippen LogP contribution in [0.2, 0.25) is 0 Å². The molecule has 2 heteroatoms. The molecule has 1 aromatic rings. The SMILES string of the molecule is CC1CCNCCN1Cc1ccccc1. The monoisotopic (exact) mass is 204 g/mol. The van der Waals surface area contributed by atoms with E-state index in [1.54, 1.807) is 0 Å². The molecule has 1 aliphatic heterocycles. The second-order valence-electron chi connectivity index (χ2n) is 4.34. The smallest absolute Gasteiger partial charge is 0.0237 e. The molecule has 1 atom stereocenters. The van der Waals surface area contributed by atoms with Crippen molar-refractivity contribution in [2.75, 3.05) is 19.6 Å². The fourth-order valence-corrected chi connectivity index (χ4v) is 2.11. The molecule has 1 unspecified atom stereocenters. The minimum absolute atomic E-state index is 0.695. The molecule has 0 radical (unpaired) electrons. The van der Waals surface area contributed by atoms with Gasteiger partial charge in [-0.1, -0.05) is 30.3 Å². The van der Waals surface area contributed by atoms with Gasteiger partial charge in [-0.3, -0.25) is 4.90 Å². The van der Waals surface area contributed by atoms with Crippen molar-refractivity contribution in [1.29, 1.82) is 0 Å². The number of nitrogens with zero attached hydrogens (tertiary/aromatic N) is 1. The van der Waals surface area contributed by atoms with Crippen molar-refractivity contribution in [2.24, 2.45) is 0 Å². The van der Waals surface area contributed by atoms with Crippen LogP contribution in [0.3, 0.4) is 0 Å². The summed E-state index contributed by atoms with van der Waals surface area (Å²) in [5.74, 6) is 0. The molecule has 1 saturated heterocycles. The lowest BCUT2D eigenvalue weighted by Gasteiger charge is -2.26. The van der Waals surface area contributed by atoms with Crippen LogP contribution >= 0.6 is 0 Å². The van der Waals surface area contributed by atoms with E-state index in [0.29, 0.717) is 6.04 Å². The van der Waals surface area contributed by atoms with Gasteiger partial charge in [-0.05, 0) is 25.5 Å². The minimum atomic E-state index is 0.695. The van der Waals surface area contributed by atoms with Gasteiger partial charge in [0.15, 0.2) is 0 Å². The number of benzene rings is 1. The molecule has 0 spiro atoms. The van der Waals surface area contributed by atoms with Crippen LogP contribution in [0.25, 0.3) is 0 Å². The van der Waals surface area contributed by atoms with Crippen LogP contribution < -0.4 is 5.32 Å². The highest BCUT2D eigenvalue weighted by atomic mass is 15.2. The standard InChI is InChI=1S/C13H20N2/c1-12-7-8-14-9-10-15(12)11-13-5-3-2-4-6-13/h2-6,12,14H,7-11H2,1H3. The van der Waals surface area contributed by atoms with Crippen molar-refractivity contribution in [3.05, 3.63) is 35.9 Å². The minimum Gasteiger partial charge on any atom is -0.315 e. The molecule has 1 aromatic carbocycles. The molecule has 1 N–H and O–H groups in total. The van der Waals surface area contributed by atoms with Crippen molar-refractivity contribution in [3.63, 3.8) is 0 Å². The van der Waals surface area contributed by atoms with E-state index in [1.807, 2.05) is 0 Å². The summed E-state index contributed by atoms with van der Waals surface area (Å²) < 4.78 is 0. The fraction of sp³-hybridized carbons (Fsp3) is 0.538. The number of nitrogens with one attached hydrogen (secondary N) is 1. The van der Waals surface area contributed by atoms with Gasteiger partial charge in [-0.25, -0.2) is 0 Å². The van der Waals surface area contributed by atoms with Crippen LogP contribution in [0.5, 0.6) is 0 Å². The summed E-state index contributed by atoms with van der Waals surface area (Å²) in [4.78, 5) is 2.56. The van der Waals surface area contributed by atoms with Gasteiger partial charge in [0, 0.05) is 25.7 Å². The molecule has 1 heterocycles. The van der Waals surface area contributed by atoms with Crippen LogP contribution in [0, 0.1) is 0 Å². The summed E-state index contributed by atoms with van der Waals surface area (Å²) in [6.45, 7) is 6.86. The Balaban J connectivity index is 1.97. The first-order valence-electron chi connectivity index (χ1n) is 5.85. The van der Waals surface area contributed by atoms with E-state index in [-0.39, 0.29) is 0 Å². The highest BCUT2D eigenvalue weighted by molar-refractivity contribution is 5.14. The summed E-state index contributed by atoms with van der Waals surface area (Å²) >= 11 is 0. The summed E-state index contributed by atoms with van der Waals surface area (Å²) in [5, 5.41) is 3.45. The van der Waals surface area contributed by atoms with Crippen LogP contribution in [-0.4, -0.2) is 30.6 Å². The van der Waals surface area contributed by atoms with E-state index in [2.05, 4.69) is 47.5 Å². The first-order chi connectivity index (χ1) is 7.36. The van der Waals surface area contributed by atoms with E-state index in [0.717, 1.165) is 26.2 Å². The molecule has 15 heavy (non-hydrogen) atoms. The van der Waals surface area contributed by atoms with Crippen LogP contribution in [0.15, 0.2) is 30.3 Å². The highest BCUT2D eigenvalue weighted by Gasteiger charge is 2.16. The van der Waals surface area contributed by atoms with Gasteiger partial charge in [0.25, 0.3) is 0 Å². The molecule has 1 fully saturated rings. The molecule has 0 aromatic heterocycles. The average molecular weight is 204 g/mol. The van der Waals surface area contributed by atoms with Gasteiger partial charge >= 0.3 is 0 Å². The summed E-state index contributed by atoms with van der Waals surface area (Å²) in [6.07, 6.45) is 1.26. The Hall–Kier alpha value is -0.860. The van der Waals surface area contributed by atoms with E-state index in [1.165, 1.54) is 12.0 Å². The molecule has 0 aliphatic carbocycles. The molecular formula is C13H20N2. The zero-order chi connectivity index (χ0) is 10.5. The maximum Gasteiger partial charge on any atom is 0.0237 e. The zero-order valence-corrected chi connectivity index (χ0v) is 9.45. The van der Waals surface area contributed by atoms with Crippen LogP contribution in [0.4, 0.5) is 0 Å². The molecule has 0 amide bonds. The molecule has 0 saturated carbocycles. The summed E-state index contributed by atoms with van der Waals surface area (Å²) in [5.41, 5.74) is 1.42. The fourth-order valence-electron chi connectivity index (χ4n) is 2.11. The Kier molecular flexibility index (Phi) is 3.75. The Morgan fingerprint density at radius 3 is 2.87 bits per heavy atom. The lowest BCUT2D eigenvalue weighted by atomic mass is 10.1. The van der Waals surface area contributed by atoms with Gasteiger partial charge in [0.1, 0.15) is 0 Å². The van der Waals surface area contributed by atoms with Crippen molar-refractivity contribution in [1.82, 2.24) is 10.2 Å². The van der Waals surface area contributed by atoms with Crippen LogP contribution in [-0.2, 0) is 6.54 Å². The molecule has 2 nitrogen and oxygen atoms in total. The van der Waals surface area contributed by atoms with E-state index >= 15 is 0 Å². The second-order valence-corrected chi connectivity index (χ2v) is 4.34. The van der Waals surface area contributed by atoms with Crippen molar-refractivity contribution >= 4 is 0 Å². The van der Waals surface area contributed by atoms with E-state index in [4.69, 9.17) is 0 Å². The molecule has 2 rings (SSSR count). The third kappa shape index (κ3) is 3.05. The zero-order valence-electron chi connectivity index (χ0n) is 9.45. The van der Waals surface area contributed by atoms with Gasteiger partial charge in [0.2, 0.25) is 0 Å². The Bertz CT molecular complexity index is 284. The van der Waals surface area contributed by atoms with Crippen molar-refractivity contribution in [3.8, 4) is 0 Å². The quantitative estimate of drug-likeness (QED) is 0.791. The summed E-state index contributed by atoms with van der Waals surface area (Å²) in [7, 11) is 0. The highest BCUT2D eigenvalue weighted by Crippen LogP contribution is 2.11. The maximum absolute atomic E-state index is 3.45. The number of hydrogen-bond donors (Lipinski definition) is 1. The normalized spacial score (nSPS) is 23.7. The van der Waals surface area contributed by atoms with Gasteiger partial charge in [-0.15, -0.1) is 0 Å². The maximum atomic E-state index is 3.45. The van der Waals surface area contributed by atoms with Crippen LogP contribution in [0.1, 0.15) is 18.9 Å². The van der Waals surface area contributed by atoms with Gasteiger partial charge < -0.3 is 5.32 Å². The third-order valence-corrected chi connectivity index (χ3v) is 3.17. The number of hydrogen-bond acceptors (Lipinski definition) is 2. The average Bonchev–Trinajstić information content (AvgIpc) is 2.46. The first kappa shape index (κ1) is 10.7. The van der Waals surface area contributed by atoms with Crippen molar-refractivity contribution < 1.29 is 0 Å². The lowest BCUT2D eigenvalue weighted by molar-refractivity contribution is 0.211. The molecular weight excluding hydrogens is 184 g/mol. The first-order valence-corrected chi connectivity index (χ1v) is 5.85. The largest absolute Gasteiger partial charge is 0.315 e. The molecule has 0 bridgehead atoms. The summed E-state index contributed by atoms with van der Waals surface area (Å²) in [6, 6.07) is 11.4.